The molecule has 0 saturated heterocycles. The third-order valence-electron chi connectivity index (χ3n) is 8.47. The largest absolute Gasteiger partial charge is 0.365 e. The van der Waals surface area contributed by atoms with E-state index in [0.29, 0.717) is 18.8 Å². The lowest BCUT2D eigenvalue weighted by molar-refractivity contribution is -0.0907. The summed E-state index contributed by atoms with van der Waals surface area (Å²) in [4.78, 5) is 26.5. The molecule has 1 unspecified atom stereocenters. The maximum Gasteiger partial charge on any atom is 0.273 e. The van der Waals surface area contributed by atoms with Crippen LogP contribution in [0.1, 0.15) is 71.7 Å². The van der Waals surface area contributed by atoms with Crippen molar-refractivity contribution in [3.63, 3.8) is 0 Å². The second kappa shape index (κ2) is 9.89. The topological polar surface area (TPSA) is 76.4 Å². The Bertz CT molecular complexity index is 1450. The van der Waals surface area contributed by atoms with Crippen LogP contribution in [-0.2, 0) is 41.9 Å². The molecule has 2 aliphatic heterocycles. The van der Waals surface area contributed by atoms with Crippen molar-refractivity contribution >= 4 is 39.4 Å². The highest BCUT2D eigenvalue weighted by Gasteiger charge is 2.47. The Morgan fingerprint density at radius 2 is 1.95 bits per heavy atom. The van der Waals surface area contributed by atoms with Crippen molar-refractivity contribution < 1.29 is 9.53 Å². The van der Waals surface area contributed by atoms with E-state index >= 15 is 0 Å². The molecule has 6 rings (SSSR count). The highest BCUT2D eigenvalue weighted by Crippen LogP contribution is 2.51. The Labute approximate surface area is 242 Å². The van der Waals surface area contributed by atoms with Crippen molar-refractivity contribution in [2.24, 2.45) is 0 Å². The first-order valence-electron chi connectivity index (χ1n) is 13.5. The van der Waals surface area contributed by atoms with Crippen molar-refractivity contribution in [3.05, 3.63) is 62.5 Å². The van der Waals surface area contributed by atoms with E-state index in [-0.39, 0.29) is 16.9 Å². The van der Waals surface area contributed by atoms with Crippen molar-refractivity contribution in [2.45, 2.75) is 75.4 Å². The zero-order valence-electron chi connectivity index (χ0n) is 23.3. The second-order valence-corrected chi connectivity index (χ2v) is 13.4. The molecule has 10 heteroatoms. The highest BCUT2D eigenvalue weighted by molar-refractivity contribution is 9.10. The molecule has 0 bridgehead atoms. The number of rotatable bonds is 3. The summed E-state index contributed by atoms with van der Waals surface area (Å²) in [5, 5.41) is 5.40. The molecule has 0 fully saturated rings. The number of carbonyl (C=O) groups excluding carboxylic acids is 1. The van der Waals surface area contributed by atoms with Gasteiger partial charge in [-0.15, -0.1) is 0 Å². The summed E-state index contributed by atoms with van der Waals surface area (Å²) in [5.41, 5.74) is 6.04. The van der Waals surface area contributed by atoms with E-state index < -0.39 is 0 Å². The standard InChI is InChI=1S/C29H35BrN6O2S/c1-28(2)9-10-29(22-13-18(30)7-8-21(22)28)15-24-20(17-38-29)25(32-27(31-24)39-5)35-11-6-12-36-19(16-35)14-23(33-36)26(37)34(3)4/h7-8,13-14H,6,9-12,15-17H2,1-5H3. The number of hydrogen-bond acceptors (Lipinski definition) is 7. The number of hydrogen-bond donors (Lipinski definition) is 0. The number of nitrogens with zero attached hydrogens (tertiary/aromatic N) is 6. The monoisotopic (exact) mass is 610 g/mol. The molecule has 1 atom stereocenters. The van der Waals surface area contributed by atoms with Crippen LogP contribution in [0.15, 0.2) is 33.9 Å². The fraction of sp³-hybridized carbons (Fsp3) is 0.517. The first-order valence-corrected chi connectivity index (χ1v) is 15.5. The van der Waals surface area contributed by atoms with Gasteiger partial charge < -0.3 is 14.5 Å². The van der Waals surface area contributed by atoms with Gasteiger partial charge in [-0.25, -0.2) is 9.97 Å². The molecular weight excluding hydrogens is 576 g/mol. The van der Waals surface area contributed by atoms with Crippen LogP contribution in [0.2, 0.25) is 0 Å². The van der Waals surface area contributed by atoms with Crippen molar-refractivity contribution in [1.29, 1.82) is 0 Å². The van der Waals surface area contributed by atoms with E-state index in [4.69, 9.17) is 14.7 Å². The minimum atomic E-state index is -0.387. The van der Waals surface area contributed by atoms with Crippen LogP contribution in [0.5, 0.6) is 0 Å². The fourth-order valence-electron chi connectivity index (χ4n) is 6.25. The number of benzene rings is 1. The number of amides is 1. The van der Waals surface area contributed by atoms with Crippen LogP contribution < -0.4 is 4.90 Å². The molecular formula is C29H35BrN6O2S. The smallest absolute Gasteiger partial charge is 0.273 e. The summed E-state index contributed by atoms with van der Waals surface area (Å²) < 4.78 is 9.93. The number of ether oxygens (including phenoxy) is 1. The average molecular weight is 612 g/mol. The maximum atomic E-state index is 12.6. The van der Waals surface area contributed by atoms with E-state index in [9.17, 15) is 4.79 Å². The van der Waals surface area contributed by atoms with Gasteiger partial charge in [0.25, 0.3) is 5.91 Å². The molecule has 0 N–H and O–H groups in total. The number of thioether (sulfide) groups is 1. The molecule has 3 aliphatic rings. The Kier molecular flexibility index (Phi) is 6.79. The molecule has 1 aromatic carbocycles. The van der Waals surface area contributed by atoms with Crippen LogP contribution >= 0.6 is 27.7 Å². The molecule has 2 aromatic heterocycles. The predicted molar refractivity (Wildman–Crippen MR) is 156 cm³/mol. The highest BCUT2D eigenvalue weighted by atomic mass is 79.9. The third-order valence-corrected chi connectivity index (χ3v) is 9.51. The molecule has 0 radical (unpaired) electrons. The van der Waals surface area contributed by atoms with Crippen molar-refractivity contribution in [2.75, 3.05) is 31.8 Å². The van der Waals surface area contributed by atoms with Crippen molar-refractivity contribution in [3.8, 4) is 0 Å². The van der Waals surface area contributed by atoms with Crippen LogP contribution in [-0.4, -0.2) is 57.5 Å². The van der Waals surface area contributed by atoms with Gasteiger partial charge in [0.15, 0.2) is 10.9 Å². The van der Waals surface area contributed by atoms with Gasteiger partial charge in [0.2, 0.25) is 0 Å². The number of fused-ring (bicyclic) bond motifs is 4. The maximum absolute atomic E-state index is 12.6. The van der Waals surface area contributed by atoms with Gasteiger partial charge in [-0.05, 0) is 60.3 Å². The summed E-state index contributed by atoms with van der Waals surface area (Å²) in [6.07, 6.45) is 5.71. The lowest BCUT2D eigenvalue weighted by atomic mass is 9.65. The molecule has 39 heavy (non-hydrogen) atoms. The zero-order chi connectivity index (χ0) is 27.5. The van der Waals surface area contributed by atoms with Gasteiger partial charge >= 0.3 is 0 Å². The summed E-state index contributed by atoms with van der Waals surface area (Å²) in [5.74, 6) is 0.868. The number of carbonyl (C=O) groups is 1. The zero-order valence-corrected chi connectivity index (χ0v) is 25.7. The molecule has 1 amide bonds. The molecule has 206 valence electrons. The van der Waals surface area contributed by atoms with E-state index in [1.807, 2.05) is 17.0 Å². The van der Waals surface area contributed by atoms with Crippen LogP contribution in [0.25, 0.3) is 0 Å². The third kappa shape index (κ3) is 4.68. The Morgan fingerprint density at radius 3 is 2.72 bits per heavy atom. The Hall–Kier alpha value is -2.43. The van der Waals surface area contributed by atoms with Crippen LogP contribution in [0, 0.1) is 0 Å². The first kappa shape index (κ1) is 26.8. The van der Waals surface area contributed by atoms with E-state index in [2.05, 4.69) is 58.0 Å². The molecule has 3 aromatic rings. The molecule has 1 aliphatic carbocycles. The predicted octanol–water partition coefficient (Wildman–Crippen LogP) is 5.31. The molecule has 8 nitrogen and oxygen atoms in total. The summed E-state index contributed by atoms with van der Waals surface area (Å²) in [6, 6.07) is 8.58. The minimum Gasteiger partial charge on any atom is -0.365 e. The quantitative estimate of drug-likeness (QED) is 0.294. The summed E-state index contributed by atoms with van der Waals surface area (Å²) in [6.45, 7) is 7.41. The SMILES string of the molecule is CSc1nc2c(c(N3CCCn4nc(C(=O)N(C)C)cc4C3)n1)COC1(CCC(C)(C)c3ccc(Br)cc31)C2. The minimum absolute atomic E-state index is 0.0764. The van der Waals surface area contributed by atoms with Crippen LogP contribution in [0.3, 0.4) is 0 Å². The molecule has 0 saturated carbocycles. The lowest BCUT2D eigenvalue weighted by Crippen LogP contribution is -2.44. The van der Waals surface area contributed by atoms with Gasteiger partial charge in [-0.3, -0.25) is 9.48 Å². The van der Waals surface area contributed by atoms with E-state index in [1.165, 1.54) is 11.1 Å². The van der Waals surface area contributed by atoms with Gasteiger partial charge in [-0.1, -0.05) is 47.6 Å². The Balaban J connectivity index is 1.38. The summed E-state index contributed by atoms with van der Waals surface area (Å²) in [7, 11) is 3.51. The molecule has 1 spiro atoms. The van der Waals surface area contributed by atoms with E-state index in [1.54, 1.807) is 30.8 Å². The number of aromatic nitrogens is 4. The average Bonchev–Trinajstić information content (AvgIpc) is 3.21. The number of anilines is 1. The lowest BCUT2D eigenvalue weighted by Gasteiger charge is -2.47. The second-order valence-electron chi connectivity index (χ2n) is 11.7. The van der Waals surface area contributed by atoms with Gasteiger partial charge in [0.05, 0.1) is 30.1 Å². The van der Waals surface area contributed by atoms with E-state index in [0.717, 1.165) is 71.2 Å². The van der Waals surface area contributed by atoms with Crippen LogP contribution in [0.4, 0.5) is 5.82 Å². The normalized spacial score (nSPS) is 21.6. The number of aryl methyl sites for hydroxylation is 1. The first-order chi connectivity index (χ1) is 18.6. The van der Waals surface area contributed by atoms with Gasteiger partial charge in [0, 0.05) is 43.6 Å². The van der Waals surface area contributed by atoms with Gasteiger partial charge in [0.1, 0.15) is 5.82 Å². The van der Waals surface area contributed by atoms with Crippen molar-refractivity contribution in [1.82, 2.24) is 24.6 Å². The number of halogens is 1. The summed E-state index contributed by atoms with van der Waals surface area (Å²) >= 11 is 5.29. The molecule has 4 heterocycles. The fourth-order valence-corrected chi connectivity index (χ4v) is 6.99. The van der Waals surface area contributed by atoms with Gasteiger partial charge in [-0.2, -0.15) is 5.10 Å². The Morgan fingerprint density at radius 1 is 1.13 bits per heavy atom.